The normalized spacial score (nSPS) is 18.3. The molecule has 0 bridgehead atoms. The van der Waals surface area contributed by atoms with Crippen LogP contribution < -0.4 is 72.2 Å². The first kappa shape index (κ1) is 27.1. The molecule has 0 spiro atoms. The Bertz CT molecular complexity index is 1150. The molecule has 1 aromatic heterocycles. The number of carbonyl (C=O) groups is 2. The van der Waals surface area contributed by atoms with E-state index < -0.39 is 64.2 Å². The smallest absolute Gasteiger partial charge is 0.611 e. The van der Waals surface area contributed by atoms with Crippen LogP contribution >= 0.6 is 0 Å². The van der Waals surface area contributed by atoms with Gasteiger partial charge in [-0.25, -0.2) is 13.2 Å². The van der Waals surface area contributed by atoms with Gasteiger partial charge in [-0.3, -0.25) is 14.4 Å². The maximum Gasteiger partial charge on any atom is 1.00 e. The van der Waals surface area contributed by atoms with Crippen molar-refractivity contribution in [3.05, 3.63) is 80.4 Å². The van der Waals surface area contributed by atoms with Crippen molar-refractivity contribution in [2.45, 2.75) is 32.5 Å². The Kier molecular flexibility index (Phi) is 9.32. The van der Waals surface area contributed by atoms with Gasteiger partial charge in [0.05, 0.1) is 7.11 Å². The van der Waals surface area contributed by atoms with E-state index in [0.29, 0.717) is 12.1 Å². The van der Waals surface area contributed by atoms with E-state index in [2.05, 4.69) is 16.1 Å². The molecule has 1 aliphatic heterocycles. The Morgan fingerprint density at radius 2 is 1.82 bits per heavy atom. The summed E-state index contributed by atoms with van der Waals surface area (Å²) in [5.74, 6) is -5.52. The number of rotatable bonds is 4. The number of methoxy groups -OCH3 is 1. The molecular formula is C21H20F3KN4O4. The summed E-state index contributed by atoms with van der Waals surface area (Å²) >= 11 is 0. The van der Waals surface area contributed by atoms with Crippen molar-refractivity contribution in [3.8, 4) is 5.75 Å². The third-order valence-corrected chi connectivity index (χ3v) is 4.69. The number of carbonyl (C=O) groups excluding carboxylic acids is 2. The predicted molar refractivity (Wildman–Crippen MR) is 109 cm³/mol. The van der Waals surface area contributed by atoms with Crippen LogP contribution in [0.1, 0.15) is 40.3 Å². The molecule has 1 aliphatic rings. The maximum atomic E-state index is 13.8. The SMILES string of the molecule is COc1c2n(cc(C(=O)NCc3c(F)cc(F)cc3F)c1=O)[N-]C(C)/C=C\C(C)NC2=O.[K+]. The van der Waals surface area contributed by atoms with E-state index in [9.17, 15) is 27.6 Å². The van der Waals surface area contributed by atoms with Gasteiger partial charge in [0.2, 0.25) is 5.43 Å². The van der Waals surface area contributed by atoms with Crippen molar-refractivity contribution in [2.75, 3.05) is 7.11 Å². The number of pyridine rings is 1. The van der Waals surface area contributed by atoms with Crippen molar-refractivity contribution < 1.29 is 78.9 Å². The minimum absolute atomic E-state index is 0. The number of aromatic nitrogens is 1. The zero-order chi connectivity index (χ0) is 23.6. The number of nitrogens with one attached hydrogen (secondary N) is 2. The molecule has 0 radical (unpaired) electrons. The van der Waals surface area contributed by atoms with Crippen LogP contribution in [0.25, 0.3) is 5.43 Å². The molecule has 2 amide bonds. The third-order valence-electron chi connectivity index (χ3n) is 4.69. The quantitative estimate of drug-likeness (QED) is 0.444. The van der Waals surface area contributed by atoms with Gasteiger partial charge >= 0.3 is 51.4 Å². The Labute approximate surface area is 230 Å². The molecule has 0 saturated heterocycles. The summed E-state index contributed by atoms with van der Waals surface area (Å²) in [4.78, 5) is 38.2. The molecule has 8 nitrogen and oxygen atoms in total. The van der Waals surface area contributed by atoms with Crippen LogP contribution in [-0.4, -0.2) is 35.7 Å². The van der Waals surface area contributed by atoms with Crippen LogP contribution in [0.4, 0.5) is 13.2 Å². The average molecular weight is 489 g/mol. The van der Waals surface area contributed by atoms with Crippen molar-refractivity contribution in [1.82, 2.24) is 15.3 Å². The molecular weight excluding hydrogens is 468 g/mol. The van der Waals surface area contributed by atoms with Gasteiger partial charge in [0, 0.05) is 36.5 Å². The molecule has 2 unspecified atom stereocenters. The summed E-state index contributed by atoms with van der Waals surface area (Å²) in [5, 5.41) is 4.89. The molecule has 0 saturated carbocycles. The van der Waals surface area contributed by atoms with Gasteiger partial charge < -0.3 is 25.5 Å². The average Bonchev–Trinajstić information content (AvgIpc) is 2.76. The molecule has 12 heteroatoms. The zero-order valence-electron chi connectivity index (χ0n) is 18.4. The first-order chi connectivity index (χ1) is 15.1. The monoisotopic (exact) mass is 488 g/mol. The van der Waals surface area contributed by atoms with E-state index in [1.807, 2.05) is 0 Å². The molecule has 2 atom stereocenters. The van der Waals surface area contributed by atoms with Crippen LogP contribution in [0.15, 0.2) is 35.3 Å². The van der Waals surface area contributed by atoms with Crippen LogP contribution in [0.5, 0.6) is 5.75 Å². The molecule has 2 N–H and O–H groups in total. The topological polar surface area (TPSA) is 104 Å². The van der Waals surface area contributed by atoms with Gasteiger partial charge in [0.1, 0.15) is 28.7 Å². The van der Waals surface area contributed by atoms with Gasteiger partial charge in [-0.05, 0) is 6.92 Å². The first-order valence-electron chi connectivity index (χ1n) is 9.58. The maximum absolute atomic E-state index is 13.8. The minimum Gasteiger partial charge on any atom is -0.611 e. The van der Waals surface area contributed by atoms with Gasteiger partial charge in [-0.15, -0.1) is 6.08 Å². The summed E-state index contributed by atoms with van der Waals surface area (Å²) in [6.45, 7) is 2.82. The standard InChI is InChI=1S/C21H20F3N4O4.K/c1-10-4-5-11(2)27-28-9-14(18(29)19(32-3)17(28)21(31)26-10)20(30)25-8-13-15(23)6-12(22)7-16(13)24;/h4-7,9-11H,8H2,1-3H3,(H,25,30)(H,26,31);/q-1;+1/b5-4-;. The summed E-state index contributed by atoms with van der Waals surface area (Å²) in [5.41, 5.74) is 2.15. The number of amides is 2. The summed E-state index contributed by atoms with van der Waals surface area (Å²) in [6.07, 6.45) is 4.50. The number of halogens is 3. The second-order valence-electron chi connectivity index (χ2n) is 7.13. The minimum atomic E-state index is -1.19. The van der Waals surface area contributed by atoms with Gasteiger partial charge in [-0.2, -0.15) is 0 Å². The van der Waals surface area contributed by atoms with Crippen LogP contribution in [0, 0.1) is 17.5 Å². The number of fused-ring (bicyclic) bond motifs is 1. The summed E-state index contributed by atoms with van der Waals surface area (Å²) in [6, 6.07) is 0.179. The van der Waals surface area contributed by atoms with Gasteiger partial charge in [0.15, 0.2) is 5.75 Å². The van der Waals surface area contributed by atoms with Crippen LogP contribution in [-0.2, 0) is 6.54 Å². The summed E-state index contributed by atoms with van der Waals surface area (Å²) < 4.78 is 46.9. The largest absolute Gasteiger partial charge is 1.00 e. The van der Waals surface area contributed by atoms with E-state index in [1.165, 1.54) is 0 Å². The number of benzene rings is 1. The number of hydrogen-bond acceptors (Lipinski definition) is 4. The fourth-order valence-corrected chi connectivity index (χ4v) is 3.12. The predicted octanol–water partition coefficient (Wildman–Crippen LogP) is -0.578. The van der Waals surface area contributed by atoms with E-state index in [1.54, 1.807) is 26.0 Å². The Balaban J connectivity index is 0.00000385. The Morgan fingerprint density at radius 1 is 1.18 bits per heavy atom. The molecule has 2 aromatic rings. The van der Waals surface area contributed by atoms with E-state index in [0.717, 1.165) is 18.0 Å². The van der Waals surface area contributed by atoms with Crippen LogP contribution in [0.3, 0.4) is 0 Å². The molecule has 3 rings (SSSR count). The molecule has 0 fully saturated rings. The Hall–Kier alpha value is -2.12. The van der Waals surface area contributed by atoms with Crippen LogP contribution in [0.2, 0.25) is 0 Å². The van der Waals surface area contributed by atoms with Gasteiger partial charge in [0.25, 0.3) is 11.8 Å². The molecule has 170 valence electrons. The number of nitrogens with zero attached hydrogens (tertiary/aromatic N) is 2. The number of hydrogen-bond donors (Lipinski definition) is 2. The van der Waals surface area contributed by atoms with E-state index >= 15 is 0 Å². The van der Waals surface area contributed by atoms with Crippen molar-refractivity contribution >= 4 is 11.8 Å². The first-order valence-corrected chi connectivity index (χ1v) is 9.58. The summed E-state index contributed by atoms with van der Waals surface area (Å²) in [7, 11) is 1.16. The van der Waals surface area contributed by atoms with E-state index in [-0.39, 0.29) is 63.1 Å². The molecule has 2 heterocycles. The zero-order valence-corrected chi connectivity index (χ0v) is 21.5. The fourth-order valence-electron chi connectivity index (χ4n) is 3.12. The molecule has 1 aromatic carbocycles. The number of ether oxygens (including phenoxy) is 1. The van der Waals surface area contributed by atoms with Crippen molar-refractivity contribution in [3.63, 3.8) is 0 Å². The molecule has 33 heavy (non-hydrogen) atoms. The molecule has 0 aliphatic carbocycles. The fraction of sp³-hybridized carbons (Fsp3) is 0.286. The second-order valence-corrected chi connectivity index (χ2v) is 7.13. The van der Waals surface area contributed by atoms with Crippen molar-refractivity contribution in [1.29, 1.82) is 0 Å². The van der Waals surface area contributed by atoms with Gasteiger partial charge in [-0.1, -0.05) is 19.0 Å². The second kappa shape index (κ2) is 11.3. The third kappa shape index (κ3) is 6.06. The van der Waals surface area contributed by atoms with E-state index in [4.69, 9.17) is 4.74 Å². The Morgan fingerprint density at radius 3 is 2.42 bits per heavy atom. The van der Waals surface area contributed by atoms with Crippen molar-refractivity contribution in [2.24, 2.45) is 0 Å².